The fourth-order valence-corrected chi connectivity index (χ4v) is 3.15. The van der Waals surface area contributed by atoms with Gasteiger partial charge in [-0.25, -0.2) is 25.0 Å². The van der Waals surface area contributed by atoms with Crippen LogP contribution in [0.2, 0.25) is 0 Å². The minimum absolute atomic E-state index is 0.0696. The van der Waals surface area contributed by atoms with E-state index in [1.807, 2.05) is 0 Å². The molecule has 168 valence electrons. The number of phosphoric ester groups is 1. The van der Waals surface area contributed by atoms with E-state index in [9.17, 15) is 19.3 Å². The van der Waals surface area contributed by atoms with E-state index >= 15 is 0 Å². The predicted octanol–water partition coefficient (Wildman–Crippen LogP) is 1.85. The summed E-state index contributed by atoms with van der Waals surface area (Å²) in [5, 5.41) is 10.6. The lowest BCUT2D eigenvalue weighted by Crippen LogP contribution is -2.60. The van der Waals surface area contributed by atoms with Crippen molar-refractivity contribution < 1.29 is 43.0 Å². The van der Waals surface area contributed by atoms with E-state index in [2.05, 4.69) is 4.52 Å². The van der Waals surface area contributed by atoms with Gasteiger partial charge < -0.3 is 19.1 Å². The molecule has 0 saturated carbocycles. The van der Waals surface area contributed by atoms with Gasteiger partial charge in [-0.2, -0.15) is 0 Å². The third kappa shape index (κ3) is 6.43. The van der Waals surface area contributed by atoms with Gasteiger partial charge in [0.05, 0.1) is 7.11 Å². The lowest BCUT2D eigenvalue weighted by Gasteiger charge is -2.34. The van der Waals surface area contributed by atoms with Gasteiger partial charge in [-0.3, -0.25) is 9.79 Å². The number of hydrazine groups is 1. The van der Waals surface area contributed by atoms with Crippen molar-refractivity contribution in [2.45, 2.75) is 25.5 Å². The third-order valence-electron chi connectivity index (χ3n) is 4.35. The number of phenols is 1. The van der Waals surface area contributed by atoms with Crippen LogP contribution in [0.15, 0.2) is 48.5 Å². The molecule has 0 spiro atoms. The molecule has 0 unspecified atom stereocenters. The van der Waals surface area contributed by atoms with Gasteiger partial charge in [0.1, 0.15) is 6.61 Å². The van der Waals surface area contributed by atoms with Gasteiger partial charge in [-0.05, 0) is 30.2 Å². The van der Waals surface area contributed by atoms with Gasteiger partial charge in [0.15, 0.2) is 17.0 Å². The van der Waals surface area contributed by atoms with E-state index in [4.69, 9.17) is 25.1 Å². The van der Waals surface area contributed by atoms with E-state index in [1.54, 1.807) is 30.3 Å². The standard InChI is InChI=1S/C19H23N2O9P/c1-19(17(23)28-2,21(20)18(24)29-12-13-6-4-3-5-7-13)11-14-8-9-16(15(22)10-14)30-31(25,26)27/h3-10,22H,11-12,20H2,1-2H3,(H2,25,26,27)/t19-/m0/s1. The average Bonchev–Trinajstić information content (AvgIpc) is 2.72. The molecule has 31 heavy (non-hydrogen) atoms. The minimum atomic E-state index is -4.88. The Balaban J connectivity index is 2.21. The van der Waals surface area contributed by atoms with Crippen molar-refractivity contribution in [3.63, 3.8) is 0 Å². The van der Waals surface area contributed by atoms with Crippen molar-refractivity contribution in [1.29, 1.82) is 0 Å². The van der Waals surface area contributed by atoms with Crippen molar-refractivity contribution in [2.24, 2.45) is 5.84 Å². The quantitative estimate of drug-likeness (QED) is 0.152. The number of hydrogen-bond donors (Lipinski definition) is 4. The lowest BCUT2D eigenvalue weighted by atomic mass is 9.92. The first-order valence-electron chi connectivity index (χ1n) is 8.87. The predicted molar refractivity (Wildman–Crippen MR) is 108 cm³/mol. The second kappa shape index (κ2) is 9.80. The van der Waals surface area contributed by atoms with E-state index in [0.717, 1.165) is 24.8 Å². The Labute approximate surface area is 178 Å². The molecule has 0 aliphatic rings. The number of carbonyl (C=O) groups excluding carboxylic acids is 2. The third-order valence-corrected chi connectivity index (χ3v) is 4.78. The molecular formula is C19H23N2O9P. The van der Waals surface area contributed by atoms with Crippen LogP contribution in [0, 0.1) is 0 Å². The largest absolute Gasteiger partial charge is 0.524 e. The fraction of sp³-hybridized carbons (Fsp3) is 0.263. The molecule has 2 aromatic carbocycles. The first-order chi connectivity index (χ1) is 14.5. The van der Waals surface area contributed by atoms with Crippen LogP contribution in [0.5, 0.6) is 11.5 Å². The number of benzene rings is 2. The molecule has 5 N–H and O–H groups in total. The number of nitrogens with two attached hydrogens (primary N) is 1. The number of carbonyl (C=O) groups is 2. The molecule has 0 bridgehead atoms. The second-order valence-electron chi connectivity index (χ2n) is 6.74. The van der Waals surface area contributed by atoms with Gasteiger partial charge >= 0.3 is 19.9 Å². The topological polar surface area (TPSA) is 169 Å². The van der Waals surface area contributed by atoms with Crippen molar-refractivity contribution in [3.8, 4) is 11.5 Å². The summed E-state index contributed by atoms with van der Waals surface area (Å²) in [7, 11) is -3.75. The van der Waals surface area contributed by atoms with Gasteiger partial charge in [-0.1, -0.05) is 36.4 Å². The molecule has 12 heteroatoms. The molecule has 2 aromatic rings. The Morgan fingerprint density at radius 3 is 2.32 bits per heavy atom. The van der Waals surface area contributed by atoms with Crippen molar-refractivity contribution >= 4 is 19.9 Å². The van der Waals surface area contributed by atoms with Gasteiger partial charge in [0, 0.05) is 6.42 Å². The molecule has 1 amide bonds. The fourth-order valence-electron chi connectivity index (χ4n) is 2.74. The normalized spacial score (nSPS) is 13.1. The highest BCUT2D eigenvalue weighted by Crippen LogP contribution is 2.42. The minimum Gasteiger partial charge on any atom is -0.504 e. The van der Waals surface area contributed by atoms with E-state index in [1.165, 1.54) is 13.0 Å². The molecule has 0 aliphatic carbocycles. The Morgan fingerprint density at radius 2 is 1.77 bits per heavy atom. The number of nitrogens with zero attached hydrogens (tertiary/aromatic N) is 1. The Hall–Kier alpha value is -3.11. The Bertz CT molecular complexity index is 980. The van der Waals surface area contributed by atoms with Gasteiger partial charge in [-0.15, -0.1) is 0 Å². The number of amides is 1. The van der Waals surface area contributed by atoms with Crippen LogP contribution in [0.1, 0.15) is 18.1 Å². The molecule has 0 aliphatic heterocycles. The number of ether oxygens (including phenoxy) is 2. The highest BCUT2D eigenvalue weighted by atomic mass is 31.2. The lowest BCUT2D eigenvalue weighted by molar-refractivity contribution is -0.153. The number of aromatic hydroxyl groups is 1. The number of hydrogen-bond acceptors (Lipinski definition) is 8. The van der Waals surface area contributed by atoms with Crippen molar-refractivity contribution in [1.82, 2.24) is 5.01 Å². The van der Waals surface area contributed by atoms with Crippen molar-refractivity contribution in [3.05, 3.63) is 59.7 Å². The van der Waals surface area contributed by atoms with Crippen LogP contribution in [0.3, 0.4) is 0 Å². The van der Waals surface area contributed by atoms with Crippen LogP contribution in [-0.4, -0.2) is 44.6 Å². The summed E-state index contributed by atoms with van der Waals surface area (Å²) in [6.45, 7) is 1.28. The Kier molecular flexibility index (Phi) is 7.64. The molecule has 0 saturated heterocycles. The maximum Gasteiger partial charge on any atom is 0.524 e. The highest BCUT2D eigenvalue weighted by Gasteiger charge is 2.43. The second-order valence-corrected chi connectivity index (χ2v) is 7.90. The van der Waals surface area contributed by atoms with Crippen LogP contribution in [-0.2, 0) is 31.9 Å². The molecule has 0 heterocycles. The van der Waals surface area contributed by atoms with Gasteiger partial charge in [0.2, 0.25) is 0 Å². The number of rotatable bonds is 8. The molecule has 0 aromatic heterocycles. The molecule has 1 atom stereocenters. The van der Waals surface area contributed by atoms with Crippen LogP contribution >= 0.6 is 7.82 Å². The summed E-state index contributed by atoms with van der Waals surface area (Å²) in [6, 6.07) is 12.4. The number of phosphoric acid groups is 1. The summed E-state index contributed by atoms with van der Waals surface area (Å²) >= 11 is 0. The molecular weight excluding hydrogens is 431 g/mol. The average molecular weight is 454 g/mol. The van der Waals surface area contributed by atoms with E-state index in [-0.39, 0.29) is 13.0 Å². The zero-order chi connectivity index (χ0) is 23.2. The zero-order valence-electron chi connectivity index (χ0n) is 16.8. The highest BCUT2D eigenvalue weighted by molar-refractivity contribution is 7.46. The SMILES string of the molecule is COC(=O)[C@](C)(Cc1ccc(OP(=O)(O)O)c(O)c1)N(N)C(=O)OCc1ccccc1. The van der Waals surface area contributed by atoms with E-state index < -0.39 is 36.9 Å². The van der Waals surface area contributed by atoms with E-state index in [0.29, 0.717) is 10.6 Å². The molecule has 0 radical (unpaired) electrons. The molecule has 2 rings (SSSR count). The molecule has 0 fully saturated rings. The molecule has 11 nitrogen and oxygen atoms in total. The number of esters is 1. The summed E-state index contributed by atoms with van der Waals surface area (Å²) in [4.78, 5) is 42.7. The first kappa shape index (κ1) is 24.2. The Morgan fingerprint density at radius 1 is 1.13 bits per heavy atom. The monoisotopic (exact) mass is 454 g/mol. The van der Waals surface area contributed by atoms with Crippen LogP contribution in [0.25, 0.3) is 0 Å². The summed E-state index contributed by atoms with van der Waals surface area (Å²) < 4.78 is 25.3. The maximum atomic E-state index is 12.5. The zero-order valence-corrected chi connectivity index (χ0v) is 17.7. The summed E-state index contributed by atoms with van der Waals surface area (Å²) in [6.07, 6.45) is -1.19. The van der Waals surface area contributed by atoms with Crippen molar-refractivity contribution in [2.75, 3.05) is 7.11 Å². The maximum absolute atomic E-state index is 12.5. The summed E-state index contributed by atoms with van der Waals surface area (Å²) in [5.74, 6) is 4.02. The number of phenolic OH excluding ortho intramolecular Hbond substituents is 1. The first-order valence-corrected chi connectivity index (χ1v) is 10.4. The summed E-state index contributed by atoms with van der Waals surface area (Å²) in [5.41, 5.74) is -0.704. The van der Waals surface area contributed by atoms with Crippen LogP contribution < -0.4 is 10.4 Å². The smallest absolute Gasteiger partial charge is 0.504 e. The van der Waals surface area contributed by atoms with Gasteiger partial charge in [0.25, 0.3) is 0 Å². The number of methoxy groups -OCH3 is 1. The van der Waals surface area contributed by atoms with Crippen LogP contribution in [0.4, 0.5) is 4.79 Å².